The van der Waals surface area contributed by atoms with Crippen molar-refractivity contribution in [2.75, 3.05) is 0 Å². The van der Waals surface area contributed by atoms with Crippen LogP contribution in [0.2, 0.25) is 0 Å². The first-order chi connectivity index (χ1) is 8.33. The molecule has 4 nitrogen and oxygen atoms in total. The lowest BCUT2D eigenvalue weighted by atomic mass is 9.92. The summed E-state index contributed by atoms with van der Waals surface area (Å²) in [4.78, 5) is 11.3. The summed E-state index contributed by atoms with van der Waals surface area (Å²) in [6.07, 6.45) is 1.16. The Kier molecular flexibility index (Phi) is 4.73. The Morgan fingerprint density at radius 2 is 1.89 bits per heavy atom. The topological polar surface area (TPSA) is 69.6 Å². The predicted molar refractivity (Wildman–Crippen MR) is 70.7 cm³/mol. The maximum Gasteiger partial charge on any atom is 0.323 e. The number of phenolic OH excluding ortho intramolecular Hbond substituents is 1. The van der Waals surface area contributed by atoms with E-state index in [0.717, 1.165) is 5.56 Å². The van der Waals surface area contributed by atoms with E-state index in [4.69, 9.17) is 0 Å². The molecular weight excluding hydrogens is 230 g/mol. The molecule has 4 heteroatoms. The molecule has 1 aromatic carbocycles. The molecule has 1 unspecified atom stereocenters. The SMILES string of the molecule is CC(C)NC(C)(CCc1ccc(O)cc1)C(=O)O. The summed E-state index contributed by atoms with van der Waals surface area (Å²) in [5.74, 6) is -0.616. The van der Waals surface area contributed by atoms with Gasteiger partial charge in [-0.15, -0.1) is 0 Å². The molecule has 1 aromatic rings. The molecule has 0 aliphatic rings. The normalized spacial score (nSPS) is 14.4. The van der Waals surface area contributed by atoms with E-state index >= 15 is 0 Å². The summed E-state index contributed by atoms with van der Waals surface area (Å²) in [7, 11) is 0. The molecule has 0 amide bonds. The number of aliphatic carboxylic acids is 1. The lowest BCUT2D eigenvalue weighted by Crippen LogP contribution is -2.52. The smallest absolute Gasteiger partial charge is 0.323 e. The summed E-state index contributed by atoms with van der Waals surface area (Å²) in [6, 6.07) is 6.97. The fraction of sp³-hybridized carbons (Fsp3) is 0.500. The van der Waals surface area contributed by atoms with E-state index in [-0.39, 0.29) is 11.8 Å². The predicted octanol–water partition coefficient (Wildman–Crippen LogP) is 2.17. The van der Waals surface area contributed by atoms with E-state index < -0.39 is 11.5 Å². The van der Waals surface area contributed by atoms with E-state index in [9.17, 15) is 15.0 Å². The van der Waals surface area contributed by atoms with Gasteiger partial charge in [-0.25, -0.2) is 0 Å². The van der Waals surface area contributed by atoms with Crippen LogP contribution >= 0.6 is 0 Å². The van der Waals surface area contributed by atoms with E-state index in [1.807, 2.05) is 26.0 Å². The van der Waals surface area contributed by atoms with Crippen molar-refractivity contribution in [2.45, 2.75) is 45.2 Å². The van der Waals surface area contributed by atoms with Crippen LogP contribution in [0.15, 0.2) is 24.3 Å². The minimum atomic E-state index is -0.925. The molecule has 18 heavy (non-hydrogen) atoms. The van der Waals surface area contributed by atoms with Crippen molar-refractivity contribution in [3.63, 3.8) is 0 Å². The van der Waals surface area contributed by atoms with Gasteiger partial charge in [-0.3, -0.25) is 10.1 Å². The van der Waals surface area contributed by atoms with Crippen LogP contribution in [0.3, 0.4) is 0 Å². The van der Waals surface area contributed by atoms with Crippen molar-refractivity contribution >= 4 is 5.97 Å². The third-order valence-electron chi connectivity index (χ3n) is 2.93. The Morgan fingerprint density at radius 1 is 1.33 bits per heavy atom. The maximum absolute atomic E-state index is 11.3. The fourth-order valence-corrected chi connectivity index (χ4v) is 1.93. The summed E-state index contributed by atoms with van der Waals surface area (Å²) in [6.45, 7) is 5.57. The zero-order valence-electron chi connectivity index (χ0n) is 11.1. The second kappa shape index (κ2) is 5.87. The lowest BCUT2D eigenvalue weighted by molar-refractivity contribution is -0.144. The largest absolute Gasteiger partial charge is 0.508 e. The van der Waals surface area contributed by atoms with Gasteiger partial charge in [0.05, 0.1) is 0 Å². The van der Waals surface area contributed by atoms with E-state index in [1.54, 1.807) is 19.1 Å². The summed E-state index contributed by atoms with van der Waals surface area (Å²) < 4.78 is 0. The monoisotopic (exact) mass is 251 g/mol. The maximum atomic E-state index is 11.3. The van der Waals surface area contributed by atoms with Crippen molar-refractivity contribution in [3.8, 4) is 5.75 Å². The summed E-state index contributed by atoms with van der Waals surface area (Å²) in [5, 5.41) is 21.6. The van der Waals surface area contributed by atoms with Crippen LogP contribution in [0.1, 0.15) is 32.8 Å². The first-order valence-electron chi connectivity index (χ1n) is 6.12. The molecule has 0 spiro atoms. The van der Waals surface area contributed by atoms with Crippen LogP contribution in [0.25, 0.3) is 0 Å². The Hall–Kier alpha value is -1.55. The van der Waals surface area contributed by atoms with Crippen molar-refractivity contribution in [3.05, 3.63) is 29.8 Å². The molecule has 1 rings (SSSR count). The number of aryl methyl sites for hydroxylation is 1. The molecule has 0 saturated carbocycles. The molecule has 0 fully saturated rings. The number of hydrogen-bond donors (Lipinski definition) is 3. The van der Waals surface area contributed by atoms with Crippen molar-refractivity contribution in [1.82, 2.24) is 5.32 Å². The average molecular weight is 251 g/mol. The highest BCUT2D eigenvalue weighted by Crippen LogP contribution is 2.17. The standard InChI is InChI=1S/C14H21NO3/c1-10(2)15-14(3,13(17)18)9-8-11-4-6-12(16)7-5-11/h4-7,10,15-16H,8-9H2,1-3H3,(H,17,18). The first kappa shape index (κ1) is 14.5. The minimum Gasteiger partial charge on any atom is -0.508 e. The van der Waals surface area contributed by atoms with Crippen LogP contribution in [-0.4, -0.2) is 27.8 Å². The molecule has 0 aliphatic heterocycles. The van der Waals surface area contributed by atoms with Gasteiger partial charge >= 0.3 is 5.97 Å². The Labute approximate surface area is 108 Å². The van der Waals surface area contributed by atoms with Crippen LogP contribution in [0.5, 0.6) is 5.75 Å². The number of nitrogens with one attached hydrogen (secondary N) is 1. The number of carbonyl (C=O) groups is 1. The number of rotatable bonds is 6. The third-order valence-corrected chi connectivity index (χ3v) is 2.93. The van der Waals surface area contributed by atoms with Crippen LogP contribution in [-0.2, 0) is 11.2 Å². The van der Waals surface area contributed by atoms with Gasteiger partial charge < -0.3 is 10.2 Å². The number of hydrogen-bond acceptors (Lipinski definition) is 3. The molecule has 1 atom stereocenters. The highest BCUT2D eigenvalue weighted by atomic mass is 16.4. The van der Waals surface area contributed by atoms with Gasteiger partial charge in [0.2, 0.25) is 0 Å². The highest BCUT2D eigenvalue weighted by molar-refractivity contribution is 5.78. The van der Waals surface area contributed by atoms with Crippen molar-refractivity contribution in [2.24, 2.45) is 0 Å². The van der Waals surface area contributed by atoms with Crippen molar-refractivity contribution in [1.29, 1.82) is 0 Å². The average Bonchev–Trinajstić information content (AvgIpc) is 2.27. The molecule has 0 radical (unpaired) electrons. The van der Waals surface area contributed by atoms with E-state index in [1.165, 1.54) is 0 Å². The fourth-order valence-electron chi connectivity index (χ4n) is 1.93. The number of carboxylic acid groups (broad SMARTS) is 1. The molecule has 0 heterocycles. The minimum absolute atomic E-state index is 0.117. The lowest BCUT2D eigenvalue weighted by Gasteiger charge is -2.28. The van der Waals surface area contributed by atoms with Gasteiger partial charge in [-0.2, -0.15) is 0 Å². The third kappa shape index (κ3) is 4.04. The summed E-state index contributed by atoms with van der Waals surface area (Å²) >= 11 is 0. The van der Waals surface area contributed by atoms with Crippen LogP contribution in [0.4, 0.5) is 0 Å². The molecule has 0 saturated heterocycles. The van der Waals surface area contributed by atoms with Gasteiger partial charge in [0.15, 0.2) is 0 Å². The molecule has 3 N–H and O–H groups in total. The zero-order valence-corrected chi connectivity index (χ0v) is 11.1. The molecule has 100 valence electrons. The molecule has 0 aromatic heterocycles. The van der Waals surface area contributed by atoms with Gasteiger partial charge in [0.25, 0.3) is 0 Å². The summed E-state index contributed by atoms with van der Waals surface area (Å²) in [5.41, 5.74) is 0.0947. The van der Waals surface area contributed by atoms with E-state index in [0.29, 0.717) is 12.8 Å². The molecule has 0 aliphatic carbocycles. The highest BCUT2D eigenvalue weighted by Gasteiger charge is 2.32. The Morgan fingerprint density at radius 3 is 2.33 bits per heavy atom. The second-order valence-corrected chi connectivity index (χ2v) is 5.10. The van der Waals surface area contributed by atoms with Crippen LogP contribution < -0.4 is 5.32 Å². The number of aromatic hydroxyl groups is 1. The quantitative estimate of drug-likeness (QED) is 0.724. The van der Waals surface area contributed by atoms with Gasteiger partial charge in [0.1, 0.15) is 11.3 Å². The first-order valence-corrected chi connectivity index (χ1v) is 6.12. The molecular formula is C14H21NO3. The number of benzene rings is 1. The van der Waals surface area contributed by atoms with Gasteiger partial charge in [0, 0.05) is 6.04 Å². The van der Waals surface area contributed by atoms with Crippen molar-refractivity contribution < 1.29 is 15.0 Å². The Bertz CT molecular complexity index is 400. The number of phenols is 1. The van der Waals surface area contributed by atoms with Crippen LogP contribution in [0, 0.1) is 0 Å². The zero-order chi connectivity index (χ0) is 13.8. The second-order valence-electron chi connectivity index (χ2n) is 5.10. The Balaban J connectivity index is 2.68. The van der Waals surface area contributed by atoms with E-state index in [2.05, 4.69) is 5.32 Å². The van der Waals surface area contributed by atoms with Gasteiger partial charge in [-0.1, -0.05) is 12.1 Å². The molecule has 0 bridgehead atoms. The van der Waals surface area contributed by atoms with Gasteiger partial charge in [-0.05, 0) is 51.3 Å². The number of carboxylic acids is 1.